The Balaban J connectivity index is 1.39. The zero-order valence-electron chi connectivity index (χ0n) is 15.3. The first kappa shape index (κ1) is 17.1. The maximum Gasteiger partial charge on any atom is 0.252 e. The van der Waals surface area contributed by atoms with Crippen LogP contribution in [-0.4, -0.2) is 32.2 Å². The quantitative estimate of drug-likeness (QED) is 0.567. The van der Waals surface area contributed by atoms with E-state index in [9.17, 15) is 4.79 Å². The van der Waals surface area contributed by atoms with E-state index in [4.69, 9.17) is 4.98 Å². The molecule has 7 heteroatoms. The van der Waals surface area contributed by atoms with Gasteiger partial charge in [0.25, 0.3) is 5.91 Å². The molecule has 1 N–H and O–H groups in total. The minimum absolute atomic E-state index is 0.0856. The van der Waals surface area contributed by atoms with Crippen LogP contribution in [0.2, 0.25) is 0 Å². The van der Waals surface area contributed by atoms with Crippen molar-refractivity contribution < 1.29 is 4.79 Å². The number of carbonyl (C=O) groups excluding carboxylic acids is 1. The third-order valence-electron chi connectivity index (χ3n) is 5.05. The largest absolute Gasteiger partial charge is 0.352 e. The van der Waals surface area contributed by atoms with Gasteiger partial charge < -0.3 is 9.88 Å². The summed E-state index contributed by atoms with van der Waals surface area (Å²) in [6.45, 7) is 1.51. The van der Waals surface area contributed by atoms with Crippen molar-refractivity contribution in [2.24, 2.45) is 0 Å². The Labute approximate surface area is 166 Å². The number of benzene rings is 1. The number of amides is 1. The summed E-state index contributed by atoms with van der Waals surface area (Å²) in [6.07, 6.45) is 2.80. The molecular formula is C21H19N5OS. The summed E-state index contributed by atoms with van der Waals surface area (Å²) < 4.78 is 2.17. The maximum atomic E-state index is 13.0. The van der Waals surface area contributed by atoms with Crippen LogP contribution in [0.15, 0.2) is 47.8 Å². The van der Waals surface area contributed by atoms with Gasteiger partial charge in [-0.3, -0.25) is 4.79 Å². The second kappa shape index (κ2) is 7.16. The van der Waals surface area contributed by atoms with Crippen LogP contribution in [0.5, 0.6) is 0 Å². The molecule has 6 nitrogen and oxygen atoms in total. The van der Waals surface area contributed by atoms with E-state index in [1.165, 1.54) is 0 Å². The third kappa shape index (κ3) is 3.07. The van der Waals surface area contributed by atoms with Gasteiger partial charge in [0.15, 0.2) is 0 Å². The average Bonchev–Trinajstić information content (AvgIpc) is 3.46. The van der Waals surface area contributed by atoms with Crippen molar-refractivity contribution in [3.63, 3.8) is 0 Å². The van der Waals surface area contributed by atoms with Crippen LogP contribution in [0.1, 0.15) is 28.4 Å². The van der Waals surface area contributed by atoms with Crippen LogP contribution < -0.4 is 5.32 Å². The van der Waals surface area contributed by atoms with Crippen LogP contribution in [-0.2, 0) is 19.4 Å². The molecule has 4 heterocycles. The molecule has 0 spiro atoms. The van der Waals surface area contributed by atoms with Gasteiger partial charge in [0.05, 0.1) is 21.7 Å². The summed E-state index contributed by atoms with van der Waals surface area (Å²) in [6, 6.07) is 13.7. The van der Waals surface area contributed by atoms with Gasteiger partial charge in [0.2, 0.25) is 0 Å². The Morgan fingerprint density at radius 3 is 3.00 bits per heavy atom. The van der Waals surface area contributed by atoms with E-state index < -0.39 is 0 Å². The van der Waals surface area contributed by atoms with Crippen molar-refractivity contribution in [2.45, 2.75) is 25.8 Å². The van der Waals surface area contributed by atoms with Crippen LogP contribution in [0, 0.1) is 0 Å². The van der Waals surface area contributed by atoms with Crippen molar-refractivity contribution in [3.8, 4) is 10.6 Å². The van der Waals surface area contributed by atoms with E-state index in [-0.39, 0.29) is 5.91 Å². The molecule has 0 unspecified atom stereocenters. The Hall–Kier alpha value is -3.06. The summed E-state index contributed by atoms with van der Waals surface area (Å²) >= 11 is 1.62. The number of pyridine rings is 1. The molecule has 1 aliphatic heterocycles. The minimum atomic E-state index is -0.0856. The molecule has 0 bridgehead atoms. The highest BCUT2D eigenvalue weighted by Crippen LogP contribution is 2.27. The Bertz CT molecular complexity index is 1150. The molecule has 4 aromatic rings. The van der Waals surface area contributed by atoms with Gasteiger partial charge >= 0.3 is 0 Å². The number of hydrogen-bond acceptors (Lipinski definition) is 5. The standard InChI is InChI=1S/C21H19N5OS/c27-21(22-10-9-20-25-24-19-8-3-11-26(19)20)15-13-17(18-7-4-12-28-18)23-16-6-2-1-5-14(15)16/h1-2,4-7,12-13H,3,8-11H2,(H,22,27). The van der Waals surface area contributed by atoms with Crippen molar-refractivity contribution >= 4 is 28.1 Å². The molecule has 1 amide bonds. The Kier molecular flexibility index (Phi) is 4.37. The van der Waals surface area contributed by atoms with E-state index >= 15 is 0 Å². The van der Waals surface area contributed by atoms with Crippen LogP contribution in [0.3, 0.4) is 0 Å². The number of fused-ring (bicyclic) bond motifs is 2. The number of thiophene rings is 1. The SMILES string of the molecule is O=C(NCCc1nnc2n1CCC2)c1cc(-c2cccs2)nc2ccccc12. The van der Waals surface area contributed by atoms with Gasteiger partial charge in [-0.05, 0) is 30.0 Å². The van der Waals surface area contributed by atoms with Gasteiger partial charge in [0, 0.05) is 31.3 Å². The maximum absolute atomic E-state index is 13.0. The number of aromatic nitrogens is 4. The van der Waals surface area contributed by atoms with Crippen LogP contribution in [0.4, 0.5) is 0 Å². The zero-order chi connectivity index (χ0) is 18.9. The first-order chi connectivity index (χ1) is 13.8. The number of nitrogens with zero attached hydrogens (tertiary/aromatic N) is 4. The number of aryl methyl sites for hydroxylation is 1. The van der Waals surface area contributed by atoms with Gasteiger partial charge in [-0.2, -0.15) is 0 Å². The van der Waals surface area contributed by atoms with E-state index in [1.807, 2.05) is 47.8 Å². The van der Waals surface area contributed by atoms with E-state index in [2.05, 4.69) is 20.1 Å². The summed E-state index contributed by atoms with van der Waals surface area (Å²) in [7, 11) is 0. The van der Waals surface area contributed by atoms with Crippen LogP contribution in [0.25, 0.3) is 21.5 Å². The second-order valence-corrected chi connectivity index (χ2v) is 7.79. The molecule has 28 heavy (non-hydrogen) atoms. The first-order valence-electron chi connectivity index (χ1n) is 9.42. The van der Waals surface area contributed by atoms with Gasteiger partial charge in [0.1, 0.15) is 11.6 Å². The normalized spacial score (nSPS) is 13.0. The first-order valence-corrected chi connectivity index (χ1v) is 10.3. The monoisotopic (exact) mass is 389 g/mol. The van der Waals surface area contributed by atoms with Gasteiger partial charge in [-0.15, -0.1) is 21.5 Å². The molecule has 1 aromatic carbocycles. The lowest BCUT2D eigenvalue weighted by atomic mass is 10.1. The molecule has 1 aliphatic rings. The summed E-state index contributed by atoms with van der Waals surface area (Å²) in [5.41, 5.74) is 2.31. The Morgan fingerprint density at radius 1 is 1.18 bits per heavy atom. The lowest BCUT2D eigenvalue weighted by molar-refractivity contribution is 0.0955. The molecule has 0 aliphatic carbocycles. The number of hydrogen-bond donors (Lipinski definition) is 1. The van der Waals surface area contributed by atoms with E-state index in [0.717, 1.165) is 52.5 Å². The summed E-state index contributed by atoms with van der Waals surface area (Å²) in [4.78, 5) is 18.7. The fourth-order valence-corrected chi connectivity index (χ4v) is 4.38. The highest BCUT2D eigenvalue weighted by molar-refractivity contribution is 7.13. The van der Waals surface area contributed by atoms with Crippen molar-refractivity contribution in [1.29, 1.82) is 0 Å². The number of para-hydroxylation sites is 1. The number of rotatable bonds is 5. The molecule has 3 aromatic heterocycles. The van der Waals surface area contributed by atoms with E-state index in [0.29, 0.717) is 18.5 Å². The predicted molar refractivity (Wildman–Crippen MR) is 109 cm³/mol. The molecule has 0 saturated heterocycles. The van der Waals surface area contributed by atoms with Gasteiger partial charge in [-0.1, -0.05) is 24.3 Å². The number of carbonyl (C=O) groups is 1. The summed E-state index contributed by atoms with van der Waals surface area (Å²) in [5.74, 6) is 1.92. The Morgan fingerprint density at radius 2 is 2.11 bits per heavy atom. The predicted octanol–water partition coefficient (Wildman–Crippen LogP) is 3.47. The fraction of sp³-hybridized carbons (Fsp3) is 0.238. The molecular weight excluding hydrogens is 370 g/mol. The zero-order valence-corrected chi connectivity index (χ0v) is 16.1. The lowest BCUT2D eigenvalue weighted by Gasteiger charge is -2.10. The van der Waals surface area contributed by atoms with Crippen molar-refractivity contribution in [2.75, 3.05) is 6.54 Å². The molecule has 0 fully saturated rings. The lowest BCUT2D eigenvalue weighted by Crippen LogP contribution is -2.26. The highest BCUT2D eigenvalue weighted by atomic mass is 32.1. The smallest absolute Gasteiger partial charge is 0.252 e. The molecule has 0 radical (unpaired) electrons. The van der Waals surface area contributed by atoms with Crippen LogP contribution >= 0.6 is 11.3 Å². The van der Waals surface area contributed by atoms with Crippen molar-refractivity contribution in [1.82, 2.24) is 25.1 Å². The summed E-state index contributed by atoms with van der Waals surface area (Å²) in [5, 5.41) is 14.4. The topological polar surface area (TPSA) is 72.7 Å². The van der Waals surface area contributed by atoms with Crippen molar-refractivity contribution in [3.05, 3.63) is 65.1 Å². The minimum Gasteiger partial charge on any atom is -0.352 e. The molecule has 0 saturated carbocycles. The average molecular weight is 389 g/mol. The second-order valence-electron chi connectivity index (χ2n) is 6.84. The van der Waals surface area contributed by atoms with Gasteiger partial charge in [-0.25, -0.2) is 4.98 Å². The fourth-order valence-electron chi connectivity index (χ4n) is 3.69. The third-order valence-corrected chi connectivity index (χ3v) is 5.95. The molecule has 0 atom stereocenters. The highest BCUT2D eigenvalue weighted by Gasteiger charge is 2.18. The molecule has 140 valence electrons. The molecule has 5 rings (SSSR count). The van der Waals surface area contributed by atoms with E-state index in [1.54, 1.807) is 11.3 Å². The number of nitrogens with one attached hydrogen (secondary N) is 1.